The highest BCUT2D eigenvalue weighted by atomic mass is 32.1. The van der Waals surface area contributed by atoms with Crippen LogP contribution in [0.15, 0.2) is 11.7 Å². The third-order valence-electron chi connectivity index (χ3n) is 3.28. The highest BCUT2D eigenvalue weighted by Gasteiger charge is 2.18. The van der Waals surface area contributed by atoms with Crippen LogP contribution in [-0.2, 0) is 0 Å². The van der Waals surface area contributed by atoms with Crippen LogP contribution in [0, 0.1) is 12.3 Å². The predicted octanol–water partition coefficient (Wildman–Crippen LogP) is 3.21. The maximum atomic E-state index is 8.92. The lowest BCUT2D eigenvalue weighted by Crippen LogP contribution is -2.23. The lowest BCUT2D eigenvalue weighted by molar-refractivity contribution is 0.248. The van der Waals surface area contributed by atoms with Gasteiger partial charge in [0.1, 0.15) is 12.1 Å². The van der Waals surface area contributed by atoms with E-state index in [0.717, 1.165) is 35.4 Å². The molecule has 0 bridgehead atoms. The minimum atomic E-state index is 0.145. The maximum Gasteiger partial charge on any atom is 0.147 e. The van der Waals surface area contributed by atoms with Gasteiger partial charge in [0.05, 0.1) is 10.2 Å². The van der Waals surface area contributed by atoms with E-state index in [2.05, 4.69) is 41.4 Å². The summed E-state index contributed by atoms with van der Waals surface area (Å²) in [7, 11) is 0. The first-order chi connectivity index (χ1) is 9.03. The second-order valence-corrected chi connectivity index (χ2v) is 6.54. The summed E-state index contributed by atoms with van der Waals surface area (Å²) >= 11 is 1.68. The van der Waals surface area contributed by atoms with Crippen LogP contribution in [0.2, 0.25) is 0 Å². The first-order valence-electron chi connectivity index (χ1n) is 6.57. The Morgan fingerprint density at radius 2 is 2.16 bits per heavy atom. The Labute approximate surface area is 117 Å². The van der Waals surface area contributed by atoms with Crippen LogP contribution < -0.4 is 5.32 Å². The largest absolute Gasteiger partial charge is 0.396 e. The summed E-state index contributed by atoms with van der Waals surface area (Å²) in [4.78, 5) is 8.66. The Kier molecular flexibility index (Phi) is 4.37. The number of nitrogens with one attached hydrogen (secondary N) is 1. The summed E-state index contributed by atoms with van der Waals surface area (Å²) in [6.07, 6.45) is 3.45. The number of aliphatic hydroxyl groups is 1. The second-order valence-electron chi connectivity index (χ2n) is 5.66. The summed E-state index contributed by atoms with van der Waals surface area (Å²) in [6, 6.07) is 0. The Bertz CT molecular complexity index is 551. The number of fused-ring (bicyclic) bond motifs is 1. The molecule has 2 N–H and O–H groups in total. The minimum absolute atomic E-state index is 0.145. The fourth-order valence-electron chi connectivity index (χ4n) is 2.06. The molecule has 0 aliphatic heterocycles. The van der Waals surface area contributed by atoms with Gasteiger partial charge in [-0.1, -0.05) is 13.8 Å². The number of aromatic nitrogens is 2. The SMILES string of the molecule is Cc1csc2c(NCC(C)(C)CCCO)ncnc12. The van der Waals surface area contributed by atoms with E-state index in [1.807, 2.05) is 0 Å². The average molecular weight is 279 g/mol. The molecule has 0 fully saturated rings. The van der Waals surface area contributed by atoms with Crippen LogP contribution in [0.1, 0.15) is 32.3 Å². The van der Waals surface area contributed by atoms with Gasteiger partial charge in [0.2, 0.25) is 0 Å². The monoisotopic (exact) mass is 279 g/mol. The molecule has 4 nitrogen and oxygen atoms in total. The van der Waals surface area contributed by atoms with E-state index in [0.29, 0.717) is 0 Å². The molecule has 0 saturated carbocycles. The van der Waals surface area contributed by atoms with E-state index in [-0.39, 0.29) is 12.0 Å². The smallest absolute Gasteiger partial charge is 0.147 e. The van der Waals surface area contributed by atoms with Crippen molar-refractivity contribution in [1.29, 1.82) is 0 Å². The fourth-order valence-corrected chi connectivity index (χ4v) is 3.03. The summed E-state index contributed by atoms with van der Waals surface area (Å²) in [6.45, 7) is 7.57. The number of thiophene rings is 1. The van der Waals surface area contributed by atoms with E-state index in [9.17, 15) is 0 Å². The number of hydrogen-bond acceptors (Lipinski definition) is 5. The van der Waals surface area contributed by atoms with Crippen molar-refractivity contribution < 1.29 is 5.11 Å². The molecule has 0 atom stereocenters. The molecule has 19 heavy (non-hydrogen) atoms. The molecular weight excluding hydrogens is 258 g/mol. The van der Waals surface area contributed by atoms with Crippen LogP contribution in [0.4, 0.5) is 5.82 Å². The number of hydrogen-bond donors (Lipinski definition) is 2. The van der Waals surface area contributed by atoms with Crippen molar-refractivity contribution in [1.82, 2.24) is 9.97 Å². The molecule has 2 aromatic rings. The molecule has 2 aromatic heterocycles. The van der Waals surface area contributed by atoms with Crippen LogP contribution in [0.5, 0.6) is 0 Å². The van der Waals surface area contributed by atoms with E-state index < -0.39 is 0 Å². The van der Waals surface area contributed by atoms with Gasteiger partial charge in [-0.05, 0) is 36.1 Å². The van der Waals surface area contributed by atoms with Gasteiger partial charge in [0, 0.05) is 13.2 Å². The third-order valence-corrected chi connectivity index (χ3v) is 4.37. The molecule has 0 aliphatic rings. The van der Waals surface area contributed by atoms with Crippen molar-refractivity contribution in [2.75, 3.05) is 18.5 Å². The first-order valence-corrected chi connectivity index (χ1v) is 7.45. The fraction of sp³-hybridized carbons (Fsp3) is 0.571. The molecule has 2 heterocycles. The highest BCUT2D eigenvalue weighted by molar-refractivity contribution is 7.18. The quantitative estimate of drug-likeness (QED) is 0.852. The molecular formula is C14H21N3OS. The molecule has 0 spiro atoms. The number of rotatable bonds is 6. The van der Waals surface area contributed by atoms with Crippen molar-refractivity contribution >= 4 is 27.4 Å². The number of anilines is 1. The van der Waals surface area contributed by atoms with Gasteiger partial charge in [0.15, 0.2) is 0 Å². The first kappa shape index (κ1) is 14.2. The molecule has 0 unspecified atom stereocenters. The van der Waals surface area contributed by atoms with Crippen molar-refractivity contribution in [2.24, 2.45) is 5.41 Å². The molecule has 104 valence electrons. The zero-order valence-electron chi connectivity index (χ0n) is 11.7. The highest BCUT2D eigenvalue weighted by Crippen LogP contribution is 2.30. The molecule has 0 aromatic carbocycles. The molecule has 2 rings (SSSR count). The zero-order valence-corrected chi connectivity index (χ0v) is 12.5. The average Bonchev–Trinajstić information content (AvgIpc) is 2.77. The molecule has 5 heteroatoms. The minimum Gasteiger partial charge on any atom is -0.396 e. The Morgan fingerprint density at radius 1 is 1.37 bits per heavy atom. The van der Waals surface area contributed by atoms with Gasteiger partial charge in [0.25, 0.3) is 0 Å². The number of nitrogens with zero attached hydrogens (tertiary/aromatic N) is 2. The van der Waals surface area contributed by atoms with Crippen LogP contribution >= 0.6 is 11.3 Å². The van der Waals surface area contributed by atoms with Gasteiger partial charge in [-0.2, -0.15) is 0 Å². The van der Waals surface area contributed by atoms with Crippen LogP contribution in [0.25, 0.3) is 10.2 Å². The van der Waals surface area contributed by atoms with E-state index in [1.54, 1.807) is 17.7 Å². The topological polar surface area (TPSA) is 58.0 Å². The number of aryl methyl sites for hydroxylation is 1. The van der Waals surface area contributed by atoms with E-state index >= 15 is 0 Å². The van der Waals surface area contributed by atoms with E-state index in [1.165, 1.54) is 5.56 Å². The van der Waals surface area contributed by atoms with Crippen molar-refractivity contribution in [3.8, 4) is 0 Å². The van der Waals surface area contributed by atoms with Crippen LogP contribution in [-0.4, -0.2) is 28.2 Å². The third kappa shape index (κ3) is 3.42. The zero-order chi connectivity index (χ0) is 13.9. The standard InChI is InChI=1S/C14H21N3OS/c1-10-7-19-12-11(10)16-9-17-13(12)15-8-14(2,3)5-4-6-18/h7,9,18H,4-6,8H2,1-3H3,(H,15,16,17). The number of aliphatic hydroxyl groups excluding tert-OH is 1. The van der Waals surface area contributed by atoms with E-state index in [4.69, 9.17) is 5.11 Å². The summed E-state index contributed by atoms with van der Waals surface area (Å²) in [5, 5.41) is 14.5. The van der Waals surface area contributed by atoms with Crippen molar-refractivity contribution in [2.45, 2.75) is 33.6 Å². The summed E-state index contributed by atoms with van der Waals surface area (Å²) < 4.78 is 1.12. The van der Waals surface area contributed by atoms with Gasteiger partial charge in [-0.25, -0.2) is 9.97 Å². The molecule has 0 radical (unpaired) electrons. The van der Waals surface area contributed by atoms with Gasteiger partial charge in [-0.15, -0.1) is 11.3 Å². The van der Waals surface area contributed by atoms with Crippen molar-refractivity contribution in [3.05, 3.63) is 17.3 Å². The molecule has 0 amide bonds. The Balaban J connectivity index is 2.09. The molecule has 0 saturated heterocycles. The predicted molar refractivity (Wildman–Crippen MR) is 80.7 cm³/mol. The Hall–Kier alpha value is -1.20. The summed E-state index contributed by atoms with van der Waals surface area (Å²) in [5.74, 6) is 0.917. The normalized spacial score (nSPS) is 12.0. The van der Waals surface area contributed by atoms with Gasteiger partial charge >= 0.3 is 0 Å². The van der Waals surface area contributed by atoms with Gasteiger partial charge in [-0.3, -0.25) is 0 Å². The second kappa shape index (κ2) is 5.84. The maximum absolute atomic E-state index is 8.92. The molecule has 0 aliphatic carbocycles. The lowest BCUT2D eigenvalue weighted by atomic mass is 9.88. The van der Waals surface area contributed by atoms with Gasteiger partial charge < -0.3 is 10.4 Å². The van der Waals surface area contributed by atoms with Crippen LogP contribution in [0.3, 0.4) is 0 Å². The van der Waals surface area contributed by atoms with Crippen molar-refractivity contribution in [3.63, 3.8) is 0 Å². The lowest BCUT2D eigenvalue weighted by Gasteiger charge is -2.25. The summed E-state index contributed by atoms with van der Waals surface area (Å²) in [5.41, 5.74) is 2.38. The Morgan fingerprint density at radius 3 is 2.89 bits per heavy atom.